The summed E-state index contributed by atoms with van der Waals surface area (Å²) in [7, 11) is 0. The van der Waals surface area contributed by atoms with Crippen molar-refractivity contribution < 1.29 is 4.74 Å². The molecule has 1 unspecified atom stereocenters. The summed E-state index contributed by atoms with van der Waals surface area (Å²) in [5.41, 5.74) is 2.35. The van der Waals surface area contributed by atoms with Crippen LogP contribution < -0.4 is 5.32 Å². The number of hydrogen-bond donors (Lipinski definition) is 1. The Kier molecular flexibility index (Phi) is 5.86. The van der Waals surface area contributed by atoms with Gasteiger partial charge in [0.25, 0.3) is 0 Å². The van der Waals surface area contributed by atoms with Crippen molar-refractivity contribution in [2.24, 2.45) is 0 Å². The van der Waals surface area contributed by atoms with Crippen LogP contribution in [0, 0.1) is 6.92 Å². The highest BCUT2D eigenvalue weighted by atomic mass is 16.5. The Hall–Kier alpha value is -1.09. The topological polar surface area (TPSA) is 34.2 Å². The molecule has 3 nitrogen and oxygen atoms in total. The summed E-state index contributed by atoms with van der Waals surface area (Å²) in [6.45, 7) is 7.89. The molecule has 2 rings (SSSR count). The molecule has 3 heteroatoms. The molecular weight excluding hydrogens is 200 g/mol. The number of aryl methyl sites for hydroxylation is 1. The lowest BCUT2D eigenvalue weighted by molar-refractivity contribution is 0.120. The lowest BCUT2D eigenvalue weighted by Gasteiger charge is -2.12. The minimum atomic E-state index is 0.384. The monoisotopic (exact) mass is 222 g/mol. The summed E-state index contributed by atoms with van der Waals surface area (Å²) in [6, 6.07) is 2.01. The Bertz CT molecular complexity index is 296. The third-order valence-corrected chi connectivity index (χ3v) is 2.58. The lowest BCUT2D eigenvalue weighted by Crippen LogP contribution is -2.18. The molecule has 0 aromatic carbocycles. The third-order valence-electron chi connectivity index (χ3n) is 2.58. The van der Waals surface area contributed by atoms with E-state index < -0.39 is 0 Å². The highest BCUT2D eigenvalue weighted by molar-refractivity contribution is 5.47. The Morgan fingerprint density at radius 3 is 2.94 bits per heavy atom. The average Bonchev–Trinajstić information content (AvgIpc) is 2.84. The molecule has 1 aliphatic heterocycles. The van der Waals surface area contributed by atoms with Crippen LogP contribution in [0.5, 0.6) is 0 Å². The molecule has 2 heterocycles. The van der Waals surface area contributed by atoms with E-state index in [4.69, 9.17) is 4.74 Å². The first kappa shape index (κ1) is 13.0. The van der Waals surface area contributed by atoms with Crippen LogP contribution in [0.15, 0.2) is 18.5 Å². The van der Waals surface area contributed by atoms with E-state index in [2.05, 4.69) is 17.2 Å². The van der Waals surface area contributed by atoms with Crippen molar-refractivity contribution >= 4 is 5.69 Å². The Balaban J connectivity index is 0.000000606. The van der Waals surface area contributed by atoms with Crippen LogP contribution in [0.3, 0.4) is 0 Å². The van der Waals surface area contributed by atoms with Crippen LogP contribution in [0.1, 0.15) is 32.3 Å². The number of rotatable bonds is 3. The molecule has 1 aliphatic rings. The van der Waals surface area contributed by atoms with Crippen LogP contribution in [0.25, 0.3) is 0 Å². The van der Waals surface area contributed by atoms with Crippen molar-refractivity contribution in [3.63, 3.8) is 0 Å². The largest absolute Gasteiger partial charge is 0.381 e. The predicted molar refractivity (Wildman–Crippen MR) is 67.8 cm³/mol. The molecule has 0 spiro atoms. The first-order chi connectivity index (χ1) is 7.86. The summed E-state index contributed by atoms with van der Waals surface area (Å²) >= 11 is 0. The first-order valence-electron chi connectivity index (χ1n) is 6.12. The lowest BCUT2D eigenvalue weighted by atomic mass is 10.2. The van der Waals surface area contributed by atoms with E-state index >= 15 is 0 Å². The van der Waals surface area contributed by atoms with Gasteiger partial charge < -0.3 is 10.1 Å². The second-order valence-corrected chi connectivity index (χ2v) is 3.71. The van der Waals surface area contributed by atoms with Crippen LogP contribution in [0.2, 0.25) is 0 Å². The van der Waals surface area contributed by atoms with Crippen molar-refractivity contribution in [1.29, 1.82) is 0 Å². The van der Waals surface area contributed by atoms with Crippen molar-refractivity contribution in [2.45, 2.75) is 39.7 Å². The van der Waals surface area contributed by atoms with Crippen LogP contribution >= 0.6 is 0 Å². The quantitative estimate of drug-likeness (QED) is 0.853. The van der Waals surface area contributed by atoms with Gasteiger partial charge in [0, 0.05) is 19.3 Å². The van der Waals surface area contributed by atoms with Gasteiger partial charge in [0.05, 0.1) is 18.0 Å². The summed E-state index contributed by atoms with van der Waals surface area (Å²) in [5, 5.41) is 3.37. The molecule has 0 aliphatic carbocycles. The molecule has 1 atom stereocenters. The maximum absolute atomic E-state index is 5.53. The predicted octanol–water partition coefficient (Wildman–Crippen LogP) is 3.01. The number of nitrogens with zero attached hydrogens (tertiary/aromatic N) is 1. The van der Waals surface area contributed by atoms with Gasteiger partial charge in [0.1, 0.15) is 0 Å². The van der Waals surface area contributed by atoms with Gasteiger partial charge in [-0.25, -0.2) is 0 Å². The van der Waals surface area contributed by atoms with Crippen molar-refractivity contribution in [2.75, 3.05) is 18.5 Å². The van der Waals surface area contributed by atoms with E-state index in [1.54, 1.807) is 0 Å². The Morgan fingerprint density at radius 1 is 1.50 bits per heavy atom. The summed E-state index contributed by atoms with van der Waals surface area (Å²) in [4.78, 5) is 4.09. The smallest absolute Gasteiger partial charge is 0.0748 e. The second-order valence-electron chi connectivity index (χ2n) is 3.71. The molecule has 1 aromatic rings. The van der Waals surface area contributed by atoms with Gasteiger partial charge in [-0.2, -0.15) is 0 Å². The van der Waals surface area contributed by atoms with Gasteiger partial charge in [-0.05, 0) is 31.4 Å². The summed E-state index contributed by atoms with van der Waals surface area (Å²) < 4.78 is 5.53. The Labute approximate surface area is 98.2 Å². The normalized spacial score (nSPS) is 18.8. The minimum Gasteiger partial charge on any atom is -0.381 e. The number of anilines is 1. The van der Waals surface area contributed by atoms with E-state index in [1.165, 1.54) is 18.4 Å². The fourth-order valence-electron chi connectivity index (χ4n) is 1.68. The van der Waals surface area contributed by atoms with Gasteiger partial charge in [-0.15, -0.1) is 0 Å². The molecule has 0 radical (unpaired) electrons. The zero-order valence-electron chi connectivity index (χ0n) is 10.5. The zero-order valence-corrected chi connectivity index (χ0v) is 10.5. The molecule has 0 saturated carbocycles. The summed E-state index contributed by atoms with van der Waals surface area (Å²) in [5.74, 6) is 0. The van der Waals surface area contributed by atoms with E-state index in [9.17, 15) is 0 Å². The third kappa shape index (κ3) is 3.81. The maximum Gasteiger partial charge on any atom is 0.0748 e. The molecule has 0 bridgehead atoms. The molecule has 1 fully saturated rings. The van der Waals surface area contributed by atoms with Crippen LogP contribution in [-0.2, 0) is 4.74 Å². The Morgan fingerprint density at radius 2 is 2.31 bits per heavy atom. The molecule has 1 saturated heterocycles. The molecule has 0 amide bonds. The highest BCUT2D eigenvalue weighted by Gasteiger charge is 2.14. The standard InChI is InChI=1S/C11H16N2O.C2H6/c1-9-4-5-12-8-11(9)13-7-10-3-2-6-14-10;1-2/h4-5,8,10,13H,2-3,6-7H2,1H3;1-2H3. The highest BCUT2D eigenvalue weighted by Crippen LogP contribution is 2.15. The summed E-state index contributed by atoms with van der Waals surface area (Å²) in [6.07, 6.45) is 6.43. The first-order valence-corrected chi connectivity index (χ1v) is 6.12. The zero-order chi connectivity index (χ0) is 11.8. The van der Waals surface area contributed by atoms with Gasteiger partial charge in [0.2, 0.25) is 0 Å². The van der Waals surface area contributed by atoms with Crippen molar-refractivity contribution in [1.82, 2.24) is 4.98 Å². The number of nitrogens with one attached hydrogen (secondary N) is 1. The number of pyridine rings is 1. The number of hydrogen-bond acceptors (Lipinski definition) is 3. The number of aromatic nitrogens is 1. The second kappa shape index (κ2) is 7.23. The van der Waals surface area contributed by atoms with E-state index in [0.717, 1.165) is 18.8 Å². The molecule has 1 aromatic heterocycles. The fraction of sp³-hybridized carbons (Fsp3) is 0.615. The van der Waals surface area contributed by atoms with Gasteiger partial charge >= 0.3 is 0 Å². The SMILES string of the molecule is CC.Cc1ccncc1NCC1CCCO1. The van der Waals surface area contributed by atoms with E-state index in [1.807, 2.05) is 32.3 Å². The number of ether oxygens (including phenoxy) is 1. The van der Waals surface area contributed by atoms with Gasteiger partial charge in [-0.1, -0.05) is 13.8 Å². The van der Waals surface area contributed by atoms with Crippen LogP contribution in [-0.4, -0.2) is 24.2 Å². The molecular formula is C13H22N2O. The molecule has 90 valence electrons. The maximum atomic E-state index is 5.53. The minimum absolute atomic E-state index is 0.384. The molecule has 1 N–H and O–H groups in total. The van der Waals surface area contributed by atoms with Gasteiger partial charge in [0.15, 0.2) is 0 Å². The molecule has 16 heavy (non-hydrogen) atoms. The van der Waals surface area contributed by atoms with Crippen LogP contribution in [0.4, 0.5) is 5.69 Å². The van der Waals surface area contributed by atoms with Crippen molar-refractivity contribution in [3.8, 4) is 0 Å². The average molecular weight is 222 g/mol. The van der Waals surface area contributed by atoms with Gasteiger partial charge in [-0.3, -0.25) is 4.98 Å². The van der Waals surface area contributed by atoms with E-state index in [-0.39, 0.29) is 0 Å². The van der Waals surface area contributed by atoms with Crippen molar-refractivity contribution in [3.05, 3.63) is 24.0 Å². The van der Waals surface area contributed by atoms with E-state index in [0.29, 0.717) is 6.10 Å². The fourth-order valence-corrected chi connectivity index (χ4v) is 1.68.